The number of hydrogen-bond acceptors (Lipinski definition) is 4. The molecule has 6 nitrogen and oxygen atoms in total. The molecule has 1 fully saturated rings. The second-order valence-electron chi connectivity index (χ2n) is 5.18. The van der Waals surface area contributed by atoms with E-state index in [1.165, 1.54) is 4.90 Å². The molecule has 2 rings (SSSR count). The Labute approximate surface area is 119 Å². The van der Waals surface area contributed by atoms with E-state index in [1.807, 2.05) is 6.92 Å². The fourth-order valence-corrected chi connectivity index (χ4v) is 2.44. The Bertz CT molecular complexity index is 600. The number of halogens is 2. The maximum absolute atomic E-state index is 13.7. The van der Waals surface area contributed by atoms with Crippen LogP contribution in [0.3, 0.4) is 0 Å². The van der Waals surface area contributed by atoms with Gasteiger partial charge < -0.3 is 10.0 Å². The fraction of sp³-hybridized carbons (Fsp3) is 0.462. The summed E-state index contributed by atoms with van der Waals surface area (Å²) in [5.74, 6) is -3.21. The highest BCUT2D eigenvalue weighted by molar-refractivity contribution is 5.95. The van der Waals surface area contributed by atoms with Gasteiger partial charge in [-0.1, -0.05) is 13.3 Å². The van der Waals surface area contributed by atoms with Gasteiger partial charge in [-0.25, -0.2) is 4.39 Å². The first-order valence-electron chi connectivity index (χ1n) is 6.42. The fourth-order valence-electron chi connectivity index (χ4n) is 2.44. The van der Waals surface area contributed by atoms with Crippen LogP contribution in [-0.2, 0) is 0 Å². The molecule has 0 atom stereocenters. The van der Waals surface area contributed by atoms with E-state index in [1.54, 1.807) is 0 Å². The van der Waals surface area contributed by atoms with Crippen LogP contribution in [0.15, 0.2) is 12.1 Å². The lowest BCUT2D eigenvalue weighted by Crippen LogP contribution is -2.63. The largest absolute Gasteiger partial charge is 0.386 e. The molecule has 1 aromatic carbocycles. The summed E-state index contributed by atoms with van der Waals surface area (Å²) < 4.78 is 27.2. The van der Waals surface area contributed by atoms with Crippen LogP contribution >= 0.6 is 0 Å². The van der Waals surface area contributed by atoms with Crippen LogP contribution in [0.4, 0.5) is 14.5 Å². The highest BCUT2D eigenvalue weighted by atomic mass is 19.1. The molecule has 1 N–H and O–H groups in total. The number of aliphatic hydroxyl groups is 1. The summed E-state index contributed by atoms with van der Waals surface area (Å²) in [4.78, 5) is 22.6. The number of likely N-dealkylation sites (tertiary alicyclic amines) is 1. The smallest absolute Gasteiger partial charge is 0.307 e. The van der Waals surface area contributed by atoms with Crippen molar-refractivity contribution >= 4 is 11.6 Å². The Morgan fingerprint density at radius 3 is 2.57 bits per heavy atom. The Kier molecular flexibility index (Phi) is 3.91. The molecule has 1 heterocycles. The van der Waals surface area contributed by atoms with E-state index in [9.17, 15) is 28.8 Å². The zero-order chi connectivity index (χ0) is 15.8. The number of hydrogen-bond donors (Lipinski definition) is 1. The van der Waals surface area contributed by atoms with Gasteiger partial charge in [-0.3, -0.25) is 14.9 Å². The lowest BCUT2D eigenvalue weighted by atomic mass is 9.88. The number of carbonyl (C=O) groups is 1. The molecular formula is C13H14F2N2O4. The predicted molar refractivity (Wildman–Crippen MR) is 68.8 cm³/mol. The van der Waals surface area contributed by atoms with Crippen molar-refractivity contribution in [3.63, 3.8) is 0 Å². The van der Waals surface area contributed by atoms with E-state index in [-0.39, 0.29) is 13.1 Å². The van der Waals surface area contributed by atoms with Gasteiger partial charge in [0.2, 0.25) is 5.82 Å². The van der Waals surface area contributed by atoms with Gasteiger partial charge in [-0.2, -0.15) is 4.39 Å². The number of nitro groups is 1. The van der Waals surface area contributed by atoms with Crippen LogP contribution in [0.5, 0.6) is 0 Å². The molecule has 0 radical (unpaired) electrons. The summed E-state index contributed by atoms with van der Waals surface area (Å²) in [6, 6.07) is 0.910. The van der Waals surface area contributed by atoms with Crippen molar-refractivity contribution in [2.75, 3.05) is 13.1 Å². The molecule has 0 bridgehead atoms. The van der Waals surface area contributed by atoms with Crippen LogP contribution in [0.25, 0.3) is 0 Å². The van der Waals surface area contributed by atoms with Crippen LogP contribution < -0.4 is 0 Å². The van der Waals surface area contributed by atoms with Gasteiger partial charge in [0.1, 0.15) is 5.82 Å². The zero-order valence-electron chi connectivity index (χ0n) is 11.3. The number of nitrogens with zero attached hydrogens (tertiary/aromatic N) is 2. The summed E-state index contributed by atoms with van der Waals surface area (Å²) in [7, 11) is 0. The minimum Gasteiger partial charge on any atom is -0.386 e. The van der Waals surface area contributed by atoms with Crippen molar-refractivity contribution in [3.8, 4) is 0 Å². The Balaban J connectivity index is 2.18. The number of amides is 1. The first-order valence-corrected chi connectivity index (χ1v) is 6.42. The third-order valence-corrected chi connectivity index (χ3v) is 3.44. The molecular weight excluding hydrogens is 286 g/mol. The molecule has 1 aliphatic heterocycles. The van der Waals surface area contributed by atoms with Gasteiger partial charge in [0.25, 0.3) is 5.91 Å². The third kappa shape index (κ3) is 2.85. The minimum absolute atomic E-state index is 0.0394. The second kappa shape index (κ2) is 5.36. The third-order valence-electron chi connectivity index (χ3n) is 3.44. The Morgan fingerprint density at radius 2 is 2.05 bits per heavy atom. The van der Waals surface area contributed by atoms with Gasteiger partial charge in [0.15, 0.2) is 0 Å². The monoisotopic (exact) mass is 300 g/mol. The topological polar surface area (TPSA) is 83.7 Å². The molecule has 0 saturated carbocycles. The molecule has 0 unspecified atom stereocenters. The van der Waals surface area contributed by atoms with Crippen LogP contribution in [0, 0.1) is 21.7 Å². The average molecular weight is 300 g/mol. The maximum atomic E-state index is 13.7. The number of β-amino-alcohol motifs (C(OH)–C–C–N with tert-alkyl or cyclic N) is 1. The van der Waals surface area contributed by atoms with Gasteiger partial charge in [-0.15, -0.1) is 0 Å². The predicted octanol–water partition coefficient (Wildman–Crippen LogP) is 1.86. The van der Waals surface area contributed by atoms with Gasteiger partial charge in [0, 0.05) is 0 Å². The molecule has 21 heavy (non-hydrogen) atoms. The van der Waals surface area contributed by atoms with Crippen molar-refractivity contribution in [1.29, 1.82) is 0 Å². The van der Waals surface area contributed by atoms with Crippen LogP contribution in [0.2, 0.25) is 0 Å². The highest BCUT2D eigenvalue weighted by Gasteiger charge is 2.43. The standard InChI is InChI=1S/C13H14F2N2O4/c1-2-3-13(19)6-16(7-13)12(18)8-4-10(15)11(17(20)21)5-9(8)14/h4-5,19H,2-3,6-7H2,1H3. The summed E-state index contributed by atoms with van der Waals surface area (Å²) >= 11 is 0. The molecule has 1 aliphatic rings. The van der Waals surface area contributed by atoms with Crippen molar-refractivity contribution < 1.29 is 23.6 Å². The number of carbonyl (C=O) groups excluding carboxylic acids is 1. The highest BCUT2D eigenvalue weighted by Crippen LogP contribution is 2.29. The van der Waals surface area contributed by atoms with Crippen molar-refractivity contribution in [3.05, 3.63) is 39.4 Å². The van der Waals surface area contributed by atoms with Crippen LogP contribution in [-0.4, -0.2) is 39.5 Å². The van der Waals surface area contributed by atoms with Gasteiger partial charge >= 0.3 is 5.69 Å². The summed E-state index contributed by atoms with van der Waals surface area (Å²) in [5, 5.41) is 20.4. The normalized spacial score (nSPS) is 16.5. The Morgan fingerprint density at radius 1 is 1.43 bits per heavy atom. The van der Waals surface area contributed by atoms with E-state index >= 15 is 0 Å². The minimum atomic E-state index is -1.27. The number of benzene rings is 1. The van der Waals surface area contributed by atoms with E-state index in [2.05, 4.69) is 0 Å². The quantitative estimate of drug-likeness (QED) is 0.679. The van der Waals surface area contributed by atoms with E-state index in [0.29, 0.717) is 18.6 Å². The SMILES string of the molecule is CCCC1(O)CN(C(=O)c2cc(F)c([N+](=O)[O-])cc2F)C1. The van der Waals surface area contributed by atoms with Crippen LogP contribution in [0.1, 0.15) is 30.1 Å². The van der Waals surface area contributed by atoms with E-state index in [0.717, 1.165) is 6.42 Å². The maximum Gasteiger partial charge on any atom is 0.307 e. The summed E-state index contributed by atoms with van der Waals surface area (Å²) in [6.45, 7) is 1.96. The molecule has 0 aliphatic carbocycles. The lowest BCUT2D eigenvalue weighted by molar-refractivity contribution is -0.387. The van der Waals surface area contributed by atoms with Crippen molar-refractivity contribution in [1.82, 2.24) is 4.90 Å². The molecule has 8 heteroatoms. The molecule has 1 saturated heterocycles. The van der Waals surface area contributed by atoms with Crippen molar-refractivity contribution in [2.24, 2.45) is 0 Å². The second-order valence-corrected chi connectivity index (χ2v) is 5.18. The van der Waals surface area contributed by atoms with Crippen molar-refractivity contribution in [2.45, 2.75) is 25.4 Å². The summed E-state index contributed by atoms with van der Waals surface area (Å²) in [5.41, 5.74) is -2.58. The number of rotatable bonds is 4. The zero-order valence-corrected chi connectivity index (χ0v) is 11.3. The lowest BCUT2D eigenvalue weighted by Gasteiger charge is -2.46. The molecule has 1 amide bonds. The van der Waals surface area contributed by atoms with Gasteiger partial charge in [-0.05, 0) is 12.5 Å². The molecule has 1 aromatic rings. The molecule has 114 valence electrons. The molecule has 0 spiro atoms. The first-order chi connectivity index (χ1) is 9.77. The summed E-state index contributed by atoms with van der Waals surface area (Å²) in [6.07, 6.45) is 1.24. The number of nitro benzene ring substituents is 1. The molecule has 0 aromatic heterocycles. The first kappa shape index (κ1) is 15.3. The van der Waals surface area contributed by atoms with Gasteiger partial charge in [0.05, 0.1) is 35.2 Å². The van der Waals surface area contributed by atoms with E-state index in [4.69, 9.17) is 0 Å². The Hall–Kier alpha value is -2.09. The van der Waals surface area contributed by atoms with E-state index < -0.39 is 39.3 Å². The average Bonchev–Trinajstić information content (AvgIpc) is 2.37.